The molecule has 2 aliphatic rings. The van der Waals surface area contributed by atoms with Crippen molar-refractivity contribution in [3.63, 3.8) is 0 Å². The van der Waals surface area contributed by atoms with Gasteiger partial charge in [0.25, 0.3) is 0 Å². The van der Waals surface area contributed by atoms with Gasteiger partial charge in [0.15, 0.2) is 34.9 Å². The van der Waals surface area contributed by atoms with Crippen LogP contribution in [0.3, 0.4) is 0 Å². The Labute approximate surface area is 555 Å². The summed E-state index contributed by atoms with van der Waals surface area (Å²) in [4.78, 5) is 32.4. The van der Waals surface area contributed by atoms with E-state index < -0.39 is 21.1 Å². The minimum absolute atomic E-state index is 0.227. The van der Waals surface area contributed by atoms with Crippen LogP contribution in [0.1, 0.15) is 55.4 Å². The molecule has 0 unspecified atom stereocenters. The Morgan fingerprint density at radius 2 is 0.620 bits per heavy atom. The number of nitrogens with zero attached hydrogens (tertiary/aromatic N) is 7. The lowest BCUT2D eigenvalue weighted by molar-refractivity contribution is 0.00578. The molecule has 9 aromatic carbocycles. The molecule has 19 heteroatoms. The van der Waals surface area contributed by atoms with Crippen molar-refractivity contribution in [2.75, 3.05) is 0 Å². The van der Waals surface area contributed by atoms with Gasteiger partial charge >= 0.3 is 21.1 Å². The van der Waals surface area contributed by atoms with Gasteiger partial charge in [0.05, 0.1) is 33.0 Å². The molecule has 0 atom stereocenters. The van der Waals surface area contributed by atoms with Gasteiger partial charge in [-0.2, -0.15) is 0 Å². The summed E-state index contributed by atoms with van der Waals surface area (Å²) < 4.78 is 24.9. The van der Waals surface area contributed by atoms with E-state index in [1.54, 1.807) is 12.1 Å². The van der Waals surface area contributed by atoms with Crippen molar-refractivity contribution in [1.82, 2.24) is 34.9 Å². The summed E-state index contributed by atoms with van der Waals surface area (Å²) in [6.45, 7) is 16.2. The maximum absolute atomic E-state index is 9.06. The Balaban J connectivity index is 0.000000133. The third kappa shape index (κ3) is 14.8. The van der Waals surface area contributed by atoms with Gasteiger partial charge < -0.3 is 28.7 Å². The molecule has 2 N–H and O–H groups in total. The smallest absolute Gasteiger partial charge is 0.422 e. The number of aromatic nitrogens is 7. The molecule has 2 saturated heterocycles. The van der Waals surface area contributed by atoms with E-state index in [2.05, 4.69) is 68.4 Å². The van der Waals surface area contributed by atoms with E-state index in [-0.39, 0.29) is 28.0 Å². The highest BCUT2D eigenvalue weighted by Crippen LogP contribution is 2.43. The zero-order valence-corrected chi connectivity index (χ0v) is 55.1. The highest BCUT2D eigenvalue weighted by atomic mass is 79.9. The quantitative estimate of drug-likeness (QED) is 0.131. The van der Waals surface area contributed by atoms with Gasteiger partial charge in [-0.1, -0.05) is 251 Å². The summed E-state index contributed by atoms with van der Waals surface area (Å²) in [5.41, 5.74) is 6.79. The molecule has 0 amide bonds. The lowest BCUT2D eigenvalue weighted by Gasteiger charge is -2.32. The molecule has 0 radical (unpaired) electrons. The predicted octanol–water partition coefficient (Wildman–Crippen LogP) is 16.8. The van der Waals surface area contributed by atoms with Crippen molar-refractivity contribution in [2.45, 2.75) is 77.8 Å². The van der Waals surface area contributed by atoms with Gasteiger partial charge in [-0.25, -0.2) is 29.9 Å². The van der Waals surface area contributed by atoms with Crippen LogP contribution in [0.4, 0.5) is 0 Å². The Hall–Kier alpha value is -8.32. The van der Waals surface area contributed by atoms with Crippen LogP contribution in [0.5, 0.6) is 0 Å². The molecular weight excluding hydrogens is 1250 g/mol. The van der Waals surface area contributed by atoms with E-state index >= 15 is 0 Å². The number of fused-ring (bicyclic) bond motifs is 2. The van der Waals surface area contributed by atoms with Gasteiger partial charge in [-0.15, -0.1) is 0 Å². The second kappa shape index (κ2) is 27.9. The number of halogens is 3. The molecule has 2 aliphatic heterocycles. The van der Waals surface area contributed by atoms with Crippen LogP contribution in [0, 0.1) is 0 Å². The second-order valence-corrected chi connectivity index (χ2v) is 25.7. The molecule has 0 aliphatic carbocycles. The van der Waals surface area contributed by atoms with Crippen LogP contribution in [-0.4, -0.2) is 88.5 Å². The number of hydrogen-bond acceptors (Lipinski definition) is 13. The molecule has 0 saturated carbocycles. The first kappa shape index (κ1) is 65.2. The van der Waals surface area contributed by atoms with E-state index in [1.807, 2.05) is 231 Å². The second-order valence-electron chi connectivity index (χ2n) is 24.0. The Kier molecular flexibility index (Phi) is 19.8. The molecule has 0 bridgehead atoms. The molecule has 458 valence electrons. The van der Waals surface area contributed by atoms with E-state index in [0.717, 1.165) is 70.2 Å². The van der Waals surface area contributed by atoms with Gasteiger partial charge in [-0.3, -0.25) is 4.98 Å². The summed E-state index contributed by atoms with van der Waals surface area (Å²) in [5, 5.41) is 23.0. The van der Waals surface area contributed by atoms with E-state index in [4.69, 9.17) is 76.8 Å². The lowest BCUT2D eigenvalue weighted by Crippen LogP contribution is -2.41. The molecule has 13 nitrogen and oxygen atoms in total. The number of benzene rings is 9. The largest absolute Gasteiger partial charge is 0.508 e. The predicted molar refractivity (Wildman–Crippen MR) is 377 cm³/mol. The standard InChI is InChI=1S/C31H20ClN3.C21H14BrN3.C12H24B2O4.C9H7BClNO2/c32-28-20-19-25(26-13-7-8-14-27(26)28)21-15-17-24(18-16-21)31-34-29(22-9-3-1-4-10-22)33-30(35-31)23-11-5-2-6-12-23;22-18-13-11-17(12-14-18)21-24-19(15-7-3-1-4-8-15)23-20(25-21)16-9-5-2-6-10-16;1-9(2)10(3,4)16-13(15-9)14-17-11(5,6)12(7,8)18-14;11-8-5-12-9(10(13)14)7-4-2-1-3-6(7)8/h1-20H;1-14H;1-8H3;1-5,13-14H. The normalized spacial score (nSPS) is 14.9. The molecule has 14 rings (SSSR count). The zero-order valence-electron chi connectivity index (χ0n) is 52.0. The van der Waals surface area contributed by atoms with Crippen LogP contribution in [0.2, 0.25) is 10.0 Å². The van der Waals surface area contributed by atoms with Crippen molar-refractivity contribution < 1.29 is 28.7 Å². The van der Waals surface area contributed by atoms with Crippen molar-refractivity contribution in [3.05, 3.63) is 251 Å². The third-order valence-corrected chi connectivity index (χ3v) is 17.8. The first-order valence-corrected chi connectivity index (χ1v) is 31.6. The molecular formula is C73H65B3BrCl2N7O6. The minimum Gasteiger partial charge on any atom is -0.422 e. The van der Waals surface area contributed by atoms with Crippen molar-refractivity contribution >= 4 is 87.4 Å². The molecule has 5 heterocycles. The van der Waals surface area contributed by atoms with Crippen molar-refractivity contribution in [2.24, 2.45) is 0 Å². The number of hydrogen-bond donors (Lipinski definition) is 2. The highest BCUT2D eigenvalue weighted by Gasteiger charge is 2.63. The van der Waals surface area contributed by atoms with Gasteiger partial charge in [0, 0.05) is 65.2 Å². The van der Waals surface area contributed by atoms with E-state index in [9.17, 15) is 0 Å². The van der Waals surface area contributed by atoms with E-state index in [1.165, 1.54) is 6.20 Å². The van der Waals surface area contributed by atoms with Crippen molar-refractivity contribution in [1.29, 1.82) is 0 Å². The SMILES string of the molecule is Brc1ccc(-c2nc(-c3ccccc3)nc(-c3ccccc3)n2)cc1.CC1(C)OB(B2OC(C)(C)C(C)(C)O2)OC1(C)C.Clc1ccc(-c2ccc(-c3nc(-c4ccccc4)nc(-c4ccccc4)n3)cc2)c2ccccc12.OB(O)c1ncc(Cl)c2ccccc12. The molecule has 2 fully saturated rings. The fraction of sp³-hybridized carbons (Fsp3) is 0.164. The van der Waals surface area contributed by atoms with Crippen LogP contribution >= 0.6 is 39.1 Å². The first-order valence-electron chi connectivity index (χ1n) is 30.0. The maximum Gasteiger partial charge on any atom is 0.508 e. The monoisotopic (exact) mass is 1320 g/mol. The fourth-order valence-corrected chi connectivity index (χ4v) is 10.9. The van der Waals surface area contributed by atoms with Crippen molar-refractivity contribution in [3.8, 4) is 79.5 Å². The number of rotatable bonds is 9. The third-order valence-electron chi connectivity index (χ3n) is 16.6. The summed E-state index contributed by atoms with van der Waals surface area (Å²) in [5.74, 6) is 3.97. The van der Waals surface area contributed by atoms with Crippen LogP contribution in [0.25, 0.3) is 101 Å². The van der Waals surface area contributed by atoms with Crippen LogP contribution < -0.4 is 5.59 Å². The van der Waals surface area contributed by atoms with Gasteiger partial charge in [0.1, 0.15) is 0 Å². The Bertz CT molecular complexity index is 4330. The first-order chi connectivity index (χ1) is 44.1. The fourth-order valence-electron chi connectivity index (χ4n) is 10.2. The molecule has 0 spiro atoms. The average Bonchev–Trinajstić information content (AvgIpc) is 1.57. The minimum atomic E-state index is -1.57. The summed E-state index contributed by atoms with van der Waals surface area (Å²) in [6, 6.07) is 75.7. The molecule has 92 heavy (non-hydrogen) atoms. The summed E-state index contributed by atoms with van der Waals surface area (Å²) in [6.07, 6.45) is 1.42. The molecule has 12 aromatic rings. The maximum atomic E-state index is 9.06. The Morgan fingerprint density at radius 3 is 0.967 bits per heavy atom. The summed E-state index contributed by atoms with van der Waals surface area (Å²) >= 11 is 15.8. The van der Waals surface area contributed by atoms with E-state index in [0.29, 0.717) is 45.4 Å². The lowest BCUT2D eigenvalue weighted by atomic mass is 9.49. The average molecular weight is 1320 g/mol. The van der Waals surface area contributed by atoms with Gasteiger partial charge in [0.2, 0.25) is 0 Å². The topological polar surface area (TPSA) is 168 Å². The highest BCUT2D eigenvalue weighted by molar-refractivity contribution is 9.10. The Morgan fingerprint density at radius 1 is 0.337 bits per heavy atom. The zero-order chi connectivity index (χ0) is 64.8. The van der Waals surface area contributed by atoms with Crippen LogP contribution in [-0.2, 0) is 18.6 Å². The summed E-state index contributed by atoms with van der Waals surface area (Å²) in [7, 11) is -2.52. The van der Waals surface area contributed by atoms with Gasteiger partial charge in [-0.05, 0) is 90.1 Å². The van der Waals surface area contributed by atoms with Crippen LogP contribution in [0.15, 0.2) is 241 Å². The number of pyridine rings is 1. The molecule has 3 aromatic heterocycles.